The number of anilines is 1. The molecule has 1 rings (SSSR count). The van der Waals surface area contributed by atoms with Crippen molar-refractivity contribution < 1.29 is 10.1 Å². The highest BCUT2D eigenvalue weighted by molar-refractivity contribution is 7.14. The Hall–Kier alpha value is -0.585. The molecular weight excluding hydrogens is 187 g/mol. The molecule has 0 saturated heterocycles. The van der Waals surface area contributed by atoms with Gasteiger partial charge in [-0.15, -0.1) is 11.3 Å². The van der Waals surface area contributed by atoms with E-state index in [9.17, 15) is 0 Å². The van der Waals surface area contributed by atoms with E-state index in [4.69, 9.17) is 10.1 Å². The smallest absolute Gasteiger partial charge is 0.408 e. The fraction of sp³-hybridized carbons (Fsp3) is 0.571. The van der Waals surface area contributed by atoms with Gasteiger partial charge in [-0.25, -0.2) is 4.98 Å². The van der Waals surface area contributed by atoms with Gasteiger partial charge in [-0.2, -0.15) is 0 Å². The molecular formula is C7H13BN2O2S. The Morgan fingerprint density at radius 1 is 1.69 bits per heavy atom. The van der Waals surface area contributed by atoms with Crippen LogP contribution >= 0.6 is 11.3 Å². The van der Waals surface area contributed by atoms with Gasteiger partial charge in [0.2, 0.25) is 0 Å². The van der Waals surface area contributed by atoms with Crippen LogP contribution in [-0.4, -0.2) is 28.8 Å². The van der Waals surface area contributed by atoms with Crippen LogP contribution in [0.25, 0.3) is 0 Å². The summed E-state index contributed by atoms with van der Waals surface area (Å²) >= 11 is 1.46. The molecule has 0 aliphatic rings. The average molecular weight is 200 g/mol. The second kappa shape index (κ2) is 5.21. The average Bonchev–Trinajstić information content (AvgIpc) is 2.48. The Morgan fingerprint density at radius 2 is 2.46 bits per heavy atom. The molecule has 1 heterocycles. The van der Waals surface area contributed by atoms with Crippen LogP contribution in [0.5, 0.6) is 0 Å². The molecule has 0 saturated carbocycles. The Balaban J connectivity index is 2.44. The highest BCUT2D eigenvalue weighted by Gasteiger charge is 2.06. The summed E-state index contributed by atoms with van der Waals surface area (Å²) in [4.78, 5) is 4.22. The second-order valence-electron chi connectivity index (χ2n) is 2.79. The third kappa shape index (κ3) is 3.76. The Kier molecular flexibility index (Phi) is 4.21. The third-order valence-corrected chi connectivity index (χ3v) is 2.30. The van der Waals surface area contributed by atoms with Crippen LogP contribution in [0.3, 0.4) is 0 Å². The van der Waals surface area contributed by atoms with Gasteiger partial charge in [-0.05, 0) is 19.7 Å². The molecule has 0 aliphatic carbocycles. The highest BCUT2D eigenvalue weighted by atomic mass is 32.1. The number of rotatable bonds is 5. The molecule has 0 amide bonds. The van der Waals surface area contributed by atoms with Gasteiger partial charge >= 0.3 is 7.05 Å². The van der Waals surface area contributed by atoms with Gasteiger partial charge in [-0.3, -0.25) is 0 Å². The van der Waals surface area contributed by atoms with Crippen LogP contribution in [0.2, 0.25) is 6.82 Å². The molecule has 6 heteroatoms. The van der Waals surface area contributed by atoms with E-state index in [1.54, 1.807) is 6.82 Å². The van der Waals surface area contributed by atoms with E-state index in [1.165, 1.54) is 11.3 Å². The quantitative estimate of drug-likeness (QED) is 0.608. The van der Waals surface area contributed by atoms with E-state index >= 15 is 0 Å². The van der Waals surface area contributed by atoms with Crippen molar-refractivity contribution in [2.45, 2.75) is 19.7 Å². The number of aromatic nitrogens is 1. The molecule has 0 fully saturated rings. The first-order valence-electron chi connectivity index (χ1n) is 4.22. The van der Waals surface area contributed by atoms with Gasteiger partial charge < -0.3 is 15.4 Å². The van der Waals surface area contributed by atoms with Crippen molar-refractivity contribution in [3.05, 3.63) is 11.1 Å². The standard InChI is InChI=1S/C7H13BN2O2S/c1-8(12)10-7-9-6(5-13-7)3-2-4-11/h5,11-12H,2-4H2,1H3,(H,9,10). The fourth-order valence-corrected chi connectivity index (χ4v) is 1.75. The van der Waals surface area contributed by atoms with Gasteiger partial charge in [-0.1, -0.05) is 0 Å². The lowest BCUT2D eigenvalue weighted by atomic mass is 9.90. The minimum absolute atomic E-state index is 0.191. The largest absolute Gasteiger partial charge is 0.433 e. The summed E-state index contributed by atoms with van der Waals surface area (Å²) in [5, 5.41) is 23.1. The minimum Gasteiger partial charge on any atom is -0.433 e. The van der Waals surface area contributed by atoms with Crippen molar-refractivity contribution in [3.63, 3.8) is 0 Å². The van der Waals surface area contributed by atoms with E-state index in [1.807, 2.05) is 5.38 Å². The summed E-state index contributed by atoms with van der Waals surface area (Å²) in [6.07, 6.45) is 1.52. The molecule has 0 radical (unpaired) electrons. The summed E-state index contributed by atoms with van der Waals surface area (Å²) in [5.74, 6) is 0. The number of hydrogen-bond acceptors (Lipinski definition) is 5. The van der Waals surface area contributed by atoms with Crippen molar-refractivity contribution in [2.75, 3.05) is 11.8 Å². The molecule has 13 heavy (non-hydrogen) atoms. The van der Waals surface area contributed by atoms with Gasteiger partial charge in [0, 0.05) is 12.0 Å². The molecule has 1 aromatic rings. The summed E-state index contributed by atoms with van der Waals surface area (Å²) in [6, 6.07) is 0. The third-order valence-electron chi connectivity index (χ3n) is 1.48. The monoisotopic (exact) mass is 200 g/mol. The highest BCUT2D eigenvalue weighted by Crippen LogP contribution is 2.16. The van der Waals surface area contributed by atoms with E-state index in [0.29, 0.717) is 0 Å². The zero-order valence-electron chi connectivity index (χ0n) is 7.53. The number of aryl methyl sites for hydroxylation is 1. The van der Waals surface area contributed by atoms with Crippen molar-refractivity contribution in [3.8, 4) is 0 Å². The normalized spacial score (nSPS) is 10.1. The first-order chi connectivity index (χ1) is 6.22. The van der Waals surface area contributed by atoms with Crippen LogP contribution in [0.4, 0.5) is 5.13 Å². The van der Waals surface area contributed by atoms with Crippen LogP contribution < -0.4 is 5.23 Å². The summed E-state index contributed by atoms with van der Waals surface area (Å²) in [5.41, 5.74) is 0.960. The summed E-state index contributed by atoms with van der Waals surface area (Å²) in [6.45, 7) is 1.84. The molecule has 3 N–H and O–H groups in total. The predicted octanol–water partition coefficient (Wildman–Crippen LogP) is 0.590. The number of aliphatic hydroxyl groups excluding tert-OH is 1. The van der Waals surface area contributed by atoms with Crippen molar-refractivity contribution in [1.29, 1.82) is 0 Å². The lowest BCUT2D eigenvalue weighted by Crippen LogP contribution is -2.19. The van der Waals surface area contributed by atoms with Gasteiger partial charge in [0.15, 0.2) is 5.13 Å². The molecule has 0 unspecified atom stereocenters. The van der Waals surface area contributed by atoms with Crippen molar-refractivity contribution in [2.24, 2.45) is 0 Å². The van der Waals surface area contributed by atoms with E-state index < -0.39 is 7.05 Å². The maximum Gasteiger partial charge on any atom is 0.408 e. The maximum absolute atomic E-state index is 9.01. The van der Waals surface area contributed by atoms with Gasteiger partial charge in [0.05, 0.1) is 5.69 Å². The van der Waals surface area contributed by atoms with Crippen LogP contribution in [0.1, 0.15) is 12.1 Å². The first-order valence-corrected chi connectivity index (χ1v) is 5.10. The lowest BCUT2D eigenvalue weighted by Gasteiger charge is -1.99. The van der Waals surface area contributed by atoms with E-state index in [0.717, 1.165) is 23.7 Å². The van der Waals surface area contributed by atoms with Gasteiger partial charge in [0.1, 0.15) is 0 Å². The van der Waals surface area contributed by atoms with Crippen molar-refractivity contribution in [1.82, 2.24) is 4.98 Å². The lowest BCUT2D eigenvalue weighted by molar-refractivity contribution is 0.288. The Labute approximate surface area is 81.8 Å². The number of nitrogens with zero attached hydrogens (tertiary/aromatic N) is 1. The van der Waals surface area contributed by atoms with E-state index in [-0.39, 0.29) is 6.61 Å². The Morgan fingerprint density at radius 3 is 3.08 bits per heavy atom. The molecule has 72 valence electrons. The van der Waals surface area contributed by atoms with Crippen LogP contribution in [0.15, 0.2) is 5.38 Å². The SMILES string of the molecule is CB(O)Nc1nc(CCCO)cs1. The zero-order chi connectivity index (χ0) is 9.68. The molecule has 0 atom stereocenters. The second-order valence-corrected chi connectivity index (χ2v) is 3.65. The number of nitrogens with one attached hydrogen (secondary N) is 1. The number of hydrogen-bond donors (Lipinski definition) is 3. The topological polar surface area (TPSA) is 65.4 Å². The number of thiazole rings is 1. The minimum atomic E-state index is -0.572. The van der Waals surface area contributed by atoms with Crippen LogP contribution in [0, 0.1) is 0 Å². The molecule has 0 bridgehead atoms. The molecule has 1 aromatic heterocycles. The predicted molar refractivity (Wildman–Crippen MR) is 55.0 cm³/mol. The van der Waals surface area contributed by atoms with E-state index in [2.05, 4.69) is 10.2 Å². The molecule has 0 spiro atoms. The Bertz CT molecular complexity index is 254. The summed E-state index contributed by atoms with van der Waals surface area (Å²) < 4.78 is 0. The number of aliphatic hydroxyl groups is 1. The molecule has 0 aromatic carbocycles. The zero-order valence-corrected chi connectivity index (χ0v) is 8.34. The van der Waals surface area contributed by atoms with Crippen molar-refractivity contribution >= 4 is 23.5 Å². The molecule has 4 nitrogen and oxygen atoms in total. The molecule has 0 aliphatic heterocycles. The fourth-order valence-electron chi connectivity index (χ4n) is 0.927. The summed E-state index contributed by atoms with van der Waals surface area (Å²) in [7, 11) is -0.572. The maximum atomic E-state index is 9.01. The van der Waals surface area contributed by atoms with Gasteiger partial charge in [0.25, 0.3) is 0 Å². The van der Waals surface area contributed by atoms with Crippen LogP contribution in [-0.2, 0) is 6.42 Å². The first kappa shape index (κ1) is 10.5.